The lowest BCUT2D eigenvalue weighted by molar-refractivity contribution is 0.342. The lowest BCUT2D eigenvalue weighted by Gasteiger charge is -2.04. The summed E-state index contributed by atoms with van der Waals surface area (Å²) in [6, 6.07) is 14.3. The number of ether oxygens (including phenoxy) is 1. The molecule has 3 rings (SSSR count). The van der Waals surface area contributed by atoms with Crippen molar-refractivity contribution in [1.82, 2.24) is 0 Å². The van der Waals surface area contributed by atoms with E-state index in [0.29, 0.717) is 29.1 Å². The summed E-state index contributed by atoms with van der Waals surface area (Å²) in [5, 5.41) is 0.646. The second kappa shape index (κ2) is 5.52. The average molecular weight is 283 g/mol. The zero-order chi connectivity index (χ0) is 14.8. The van der Waals surface area contributed by atoms with Gasteiger partial charge in [-0.2, -0.15) is 0 Å². The number of rotatable bonds is 3. The Morgan fingerprint density at radius 3 is 2.52 bits per heavy atom. The zero-order valence-corrected chi connectivity index (χ0v) is 12.0. The third-order valence-electron chi connectivity index (χ3n) is 3.33. The van der Waals surface area contributed by atoms with Gasteiger partial charge < -0.3 is 4.74 Å². The normalized spacial score (nSPS) is 10.8. The summed E-state index contributed by atoms with van der Waals surface area (Å²) in [5.74, 6) is 1.04. The van der Waals surface area contributed by atoms with Gasteiger partial charge in [0.2, 0.25) is 0 Å². The maximum absolute atomic E-state index is 13.4. The van der Waals surface area contributed by atoms with Gasteiger partial charge in [-0.1, -0.05) is 17.7 Å². The fourth-order valence-electron chi connectivity index (χ4n) is 2.26. The van der Waals surface area contributed by atoms with Crippen molar-refractivity contribution >= 4 is 11.0 Å². The minimum Gasteiger partial charge on any atom is -0.493 e. The van der Waals surface area contributed by atoms with Gasteiger partial charge in [-0.15, -0.1) is 0 Å². The molecule has 0 bridgehead atoms. The molecule has 1 heterocycles. The highest BCUT2D eigenvalue weighted by molar-refractivity contribution is 5.85. The van der Waals surface area contributed by atoms with Crippen LogP contribution in [0, 0.1) is 12.7 Å². The number of hydrogen-bond acceptors (Lipinski definition) is 1. The summed E-state index contributed by atoms with van der Waals surface area (Å²) in [4.78, 5) is 0. The number of halogens is 1. The number of fused-ring (bicyclic) bond motifs is 1. The molecule has 2 nitrogen and oxygen atoms in total. The molecule has 0 spiro atoms. The Hall–Kier alpha value is -2.42. The van der Waals surface area contributed by atoms with Crippen LogP contribution in [-0.2, 0) is 0 Å². The fraction of sp³-hybridized carbons (Fsp3) is 0.167. The molecule has 0 atom stereocenters. The molecule has 0 aliphatic carbocycles. The Kier molecular flexibility index (Phi) is 3.57. The van der Waals surface area contributed by atoms with Gasteiger partial charge in [-0.3, -0.25) is 0 Å². The standard InChI is InChI=1S/C18H16FO2/c1-3-20-18-11-17(13-6-4-12(2)5-7-13)21-16-9-8-14(19)10-15(16)18/h4-11H,3H2,1-2H3/q+1. The van der Waals surface area contributed by atoms with E-state index in [4.69, 9.17) is 9.15 Å². The van der Waals surface area contributed by atoms with Crippen molar-refractivity contribution in [2.24, 2.45) is 0 Å². The van der Waals surface area contributed by atoms with Gasteiger partial charge in [0.05, 0.1) is 18.2 Å². The second-order valence-electron chi connectivity index (χ2n) is 4.91. The molecule has 3 heteroatoms. The highest BCUT2D eigenvalue weighted by atomic mass is 19.1. The van der Waals surface area contributed by atoms with Gasteiger partial charge in [0.1, 0.15) is 17.0 Å². The molecule has 0 amide bonds. The molecule has 0 fully saturated rings. The molecule has 21 heavy (non-hydrogen) atoms. The first-order valence-electron chi connectivity index (χ1n) is 6.93. The van der Waals surface area contributed by atoms with Crippen LogP contribution in [0.5, 0.6) is 5.75 Å². The SMILES string of the molecule is CCOc1cc(-c2ccc(C)cc2)[o+]c2ccc(F)cc12. The maximum atomic E-state index is 13.4. The Bertz CT molecular complexity index is 779. The van der Waals surface area contributed by atoms with Gasteiger partial charge in [0, 0.05) is 6.07 Å². The summed E-state index contributed by atoms with van der Waals surface area (Å²) < 4.78 is 24.9. The smallest absolute Gasteiger partial charge is 0.364 e. The maximum Gasteiger partial charge on any atom is 0.364 e. The number of hydrogen-bond donors (Lipinski definition) is 0. The van der Waals surface area contributed by atoms with Crippen LogP contribution in [0.3, 0.4) is 0 Å². The van der Waals surface area contributed by atoms with Crippen LogP contribution in [0.1, 0.15) is 12.5 Å². The predicted octanol–water partition coefficient (Wildman–Crippen LogP) is 5.23. The van der Waals surface area contributed by atoms with Crippen LogP contribution in [0.25, 0.3) is 22.3 Å². The minimum absolute atomic E-state index is 0.304. The first-order valence-corrected chi connectivity index (χ1v) is 6.93. The van der Waals surface area contributed by atoms with E-state index >= 15 is 0 Å². The molecule has 1 aromatic heterocycles. The third-order valence-corrected chi connectivity index (χ3v) is 3.33. The molecule has 0 aliphatic heterocycles. The van der Waals surface area contributed by atoms with Gasteiger partial charge >= 0.3 is 11.3 Å². The van der Waals surface area contributed by atoms with Gasteiger partial charge in [0.25, 0.3) is 0 Å². The minimum atomic E-state index is -0.304. The van der Waals surface area contributed by atoms with Crippen molar-refractivity contribution < 1.29 is 13.5 Å². The summed E-state index contributed by atoms with van der Waals surface area (Å²) in [6.07, 6.45) is 0. The molecule has 0 radical (unpaired) electrons. The Balaban J connectivity index is 2.20. The molecule has 0 saturated heterocycles. The van der Waals surface area contributed by atoms with Gasteiger partial charge in [0.15, 0.2) is 0 Å². The topological polar surface area (TPSA) is 20.5 Å². The van der Waals surface area contributed by atoms with E-state index in [9.17, 15) is 4.39 Å². The van der Waals surface area contributed by atoms with Crippen LogP contribution < -0.4 is 4.74 Å². The van der Waals surface area contributed by atoms with Crippen LogP contribution in [0.4, 0.5) is 4.39 Å². The summed E-state index contributed by atoms with van der Waals surface area (Å²) >= 11 is 0. The van der Waals surface area contributed by atoms with Crippen molar-refractivity contribution in [3.63, 3.8) is 0 Å². The quantitative estimate of drug-likeness (QED) is 0.614. The van der Waals surface area contributed by atoms with E-state index in [0.717, 1.165) is 5.56 Å². The van der Waals surface area contributed by atoms with Crippen LogP contribution >= 0.6 is 0 Å². The van der Waals surface area contributed by atoms with Crippen molar-refractivity contribution in [2.45, 2.75) is 13.8 Å². The average Bonchev–Trinajstić information content (AvgIpc) is 2.48. The third kappa shape index (κ3) is 2.72. The summed E-state index contributed by atoms with van der Waals surface area (Å²) in [6.45, 7) is 4.46. The lowest BCUT2D eigenvalue weighted by Crippen LogP contribution is -1.94. The molecule has 3 aromatic rings. The fourth-order valence-corrected chi connectivity index (χ4v) is 2.26. The molecule has 2 aromatic carbocycles. The highest BCUT2D eigenvalue weighted by Crippen LogP contribution is 2.33. The van der Waals surface area contributed by atoms with Crippen molar-refractivity contribution in [3.05, 3.63) is 59.9 Å². The Labute approximate surface area is 122 Å². The number of benzene rings is 2. The molecular formula is C18H16FO2+. The molecule has 0 aliphatic rings. The largest absolute Gasteiger partial charge is 0.493 e. The van der Waals surface area contributed by atoms with Crippen molar-refractivity contribution in [1.29, 1.82) is 0 Å². The monoisotopic (exact) mass is 283 g/mol. The van der Waals surface area contributed by atoms with Crippen LogP contribution in [0.2, 0.25) is 0 Å². The van der Waals surface area contributed by atoms with Crippen molar-refractivity contribution in [2.75, 3.05) is 6.61 Å². The first-order chi connectivity index (χ1) is 10.2. The molecule has 0 unspecified atom stereocenters. The zero-order valence-electron chi connectivity index (χ0n) is 12.0. The molecule has 0 N–H and O–H groups in total. The van der Waals surface area contributed by atoms with Crippen molar-refractivity contribution in [3.8, 4) is 17.1 Å². The molecule has 106 valence electrons. The van der Waals surface area contributed by atoms with E-state index in [1.807, 2.05) is 44.2 Å². The second-order valence-corrected chi connectivity index (χ2v) is 4.91. The summed E-state index contributed by atoms with van der Waals surface area (Å²) in [5.41, 5.74) is 2.76. The van der Waals surface area contributed by atoms with Crippen LogP contribution in [0.15, 0.2) is 52.9 Å². The molecular weight excluding hydrogens is 267 g/mol. The lowest BCUT2D eigenvalue weighted by atomic mass is 10.1. The van der Waals surface area contributed by atoms with E-state index in [1.165, 1.54) is 17.7 Å². The van der Waals surface area contributed by atoms with Crippen LogP contribution in [-0.4, -0.2) is 6.61 Å². The van der Waals surface area contributed by atoms with E-state index in [-0.39, 0.29) is 5.82 Å². The highest BCUT2D eigenvalue weighted by Gasteiger charge is 2.20. The van der Waals surface area contributed by atoms with E-state index < -0.39 is 0 Å². The number of aryl methyl sites for hydroxylation is 1. The predicted molar refractivity (Wildman–Crippen MR) is 81.9 cm³/mol. The van der Waals surface area contributed by atoms with Gasteiger partial charge in [-0.25, -0.2) is 8.81 Å². The first kappa shape index (κ1) is 13.6. The molecule has 0 saturated carbocycles. The van der Waals surface area contributed by atoms with E-state index in [2.05, 4.69) is 0 Å². The summed E-state index contributed by atoms with van der Waals surface area (Å²) in [7, 11) is 0. The Morgan fingerprint density at radius 2 is 1.81 bits per heavy atom. The Morgan fingerprint density at radius 1 is 1.05 bits per heavy atom. The van der Waals surface area contributed by atoms with E-state index in [1.54, 1.807) is 6.07 Å². The van der Waals surface area contributed by atoms with Gasteiger partial charge in [-0.05, 0) is 38.1 Å².